The van der Waals surface area contributed by atoms with E-state index in [2.05, 4.69) is 5.32 Å². The number of hydrogen-bond acceptors (Lipinski definition) is 3. The number of hydrogen-bond donors (Lipinski definition) is 1. The zero-order chi connectivity index (χ0) is 13.6. The number of benzene rings is 1. The Labute approximate surface area is 105 Å². The quantitative estimate of drug-likeness (QED) is 0.677. The van der Waals surface area contributed by atoms with Gasteiger partial charge in [0.15, 0.2) is 0 Å². The van der Waals surface area contributed by atoms with Crippen LogP contribution in [0.5, 0.6) is 0 Å². The predicted molar refractivity (Wildman–Crippen MR) is 59.7 cm³/mol. The molecule has 1 aliphatic rings. The molecule has 18 heavy (non-hydrogen) atoms. The van der Waals surface area contributed by atoms with Crippen LogP contribution in [-0.2, 0) is 0 Å². The van der Waals surface area contributed by atoms with Gasteiger partial charge in [-0.15, -0.1) is 0 Å². The van der Waals surface area contributed by atoms with E-state index in [4.69, 9.17) is 11.6 Å². The summed E-state index contributed by atoms with van der Waals surface area (Å²) in [5, 5.41) is 12.8. The summed E-state index contributed by atoms with van der Waals surface area (Å²) >= 11 is 5.72. The Morgan fingerprint density at radius 1 is 1.39 bits per heavy atom. The molecule has 0 aliphatic heterocycles. The number of anilines is 1. The van der Waals surface area contributed by atoms with Crippen LogP contribution in [0.3, 0.4) is 0 Å². The van der Waals surface area contributed by atoms with Gasteiger partial charge in [0, 0.05) is 6.07 Å². The van der Waals surface area contributed by atoms with Crippen molar-refractivity contribution < 1.29 is 18.1 Å². The molecule has 98 valence electrons. The topological polar surface area (TPSA) is 55.2 Å². The molecule has 4 nitrogen and oxygen atoms in total. The smallest absolute Gasteiger partial charge is 0.365 e. The van der Waals surface area contributed by atoms with E-state index in [1.54, 1.807) is 0 Å². The average molecular weight is 281 g/mol. The Bertz CT molecular complexity index is 500. The number of halogens is 4. The number of rotatable bonds is 3. The van der Waals surface area contributed by atoms with Crippen molar-refractivity contribution in [3.8, 4) is 0 Å². The van der Waals surface area contributed by atoms with Gasteiger partial charge >= 0.3 is 6.18 Å². The second-order valence-electron chi connectivity index (χ2n) is 4.10. The van der Waals surface area contributed by atoms with Crippen molar-refractivity contribution in [2.24, 2.45) is 0 Å². The first-order chi connectivity index (χ1) is 8.27. The largest absolute Gasteiger partial charge is 0.411 e. The molecule has 2 rings (SSSR count). The average Bonchev–Trinajstić information content (AvgIpc) is 3.00. The molecule has 1 aliphatic carbocycles. The number of nitro groups is 1. The molecule has 0 saturated heterocycles. The third-order valence-corrected chi connectivity index (χ3v) is 3.16. The molecule has 1 aromatic carbocycles. The van der Waals surface area contributed by atoms with E-state index in [9.17, 15) is 23.3 Å². The monoisotopic (exact) mass is 280 g/mol. The third-order valence-electron chi connectivity index (χ3n) is 2.85. The zero-order valence-electron chi connectivity index (χ0n) is 8.92. The molecule has 1 fully saturated rings. The summed E-state index contributed by atoms with van der Waals surface area (Å²) in [4.78, 5) is 9.99. The van der Waals surface area contributed by atoms with E-state index in [1.165, 1.54) is 12.1 Å². The lowest BCUT2D eigenvalue weighted by Gasteiger charge is -2.22. The SMILES string of the molecule is O=[N+]([O-])c1cccc(Cl)c1NC1(C(F)(F)F)CC1. The fourth-order valence-corrected chi connectivity index (χ4v) is 1.85. The molecule has 0 radical (unpaired) electrons. The molecule has 0 atom stereocenters. The number of nitro benzene ring substituents is 1. The summed E-state index contributed by atoms with van der Waals surface area (Å²) in [5.41, 5.74) is -2.82. The molecule has 0 spiro atoms. The zero-order valence-corrected chi connectivity index (χ0v) is 9.68. The van der Waals surface area contributed by atoms with Crippen LogP contribution in [0.4, 0.5) is 24.5 Å². The third kappa shape index (κ3) is 2.10. The van der Waals surface area contributed by atoms with Crippen LogP contribution in [0.25, 0.3) is 0 Å². The van der Waals surface area contributed by atoms with Gasteiger partial charge in [-0.05, 0) is 18.9 Å². The highest BCUT2D eigenvalue weighted by Crippen LogP contribution is 2.52. The van der Waals surface area contributed by atoms with Gasteiger partial charge in [0.05, 0.1) is 9.95 Å². The highest BCUT2D eigenvalue weighted by Gasteiger charge is 2.64. The summed E-state index contributed by atoms with van der Waals surface area (Å²) in [7, 11) is 0. The van der Waals surface area contributed by atoms with E-state index < -0.39 is 22.3 Å². The van der Waals surface area contributed by atoms with E-state index in [-0.39, 0.29) is 23.6 Å². The Kier molecular flexibility index (Phi) is 2.89. The maximum atomic E-state index is 12.8. The maximum Gasteiger partial charge on any atom is 0.411 e. The first-order valence-electron chi connectivity index (χ1n) is 5.05. The second-order valence-corrected chi connectivity index (χ2v) is 4.50. The molecule has 0 unspecified atom stereocenters. The Balaban J connectivity index is 2.38. The normalized spacial score (nSPS) is 17.3. The van der Waals surface area contributed by atoms with Crippen molar-refractivity contribution >= 4 is 23.0 Å². The summed E-state index contributed by atoms with van der Waals surface area (Å²) in [5.74, 6) is 0. The molecular formula is C10H8ClF3N2O2. The van der Waals surface area contributed by atoms with Gasteiger partial charge in [-0.25, -0.2) is 0 Å². The Hall–Kier alpha value is -1.50. The maximum absolute atomic E-state index is 12.8. The minimum absolute atomic E-state index is 0.0975. The van der Waals surface area contributed by atoms with Gasteiger partial charge in [-0.1, -0.05) is 17.7 Å². The summed E-state index contributed by atoms with van der Waals surface area (Å²) in [6.07, 6.45) is -4.68. The van der Waals surface area contributed by atoms with E-state index in [0.29, 0.717) is 0 Å². The molecular weight excluding hydrogens is 273 g/mol. The molecule has 0 aromatic heterocycles. The molecule has 0 heterocycles. The van der Waals surface area contributed by atoms with Gasteiger partial charge in [0.25, 0.3) is 5.69 Å². The van der Waals surface area contributed by atoms with Crippen LogP contribution in [-0.4, -0.2) is 16.6 Å². The number of alkyl halides is 3. The van der Waals surface area contributed by atoms with Crippen LogP contribution in [0.2, 0.25) is 5.02 Å². The van der Waals surface area contributed by atoms with Crippen molar-refractivity contribution in [1.29, 1.82) is 0 Å². The lowest BCUT2D eigenvalue weighted by Crippen LogP contribution is -2.38. The molecule has 1 aromatic rings. The highest BCUT2D eigenvalue weighted by atomic mass is 35.5. The van der Waals surface area contributed by atoms with Gasteiger partial charge in [-0.2, -0.15) is 13.2 Å². The van der Waals surface area contributed by atoms with Gasteiger partial charge < -0.3 is 5.32 Å². The van der Waals surface area contributed by atoms with Gasteiger partial charge in [0.2, 0.25) is 0 Å². The van der Waals surface area contributed by atoms with E-state index >= 15 is 0 Å². The molecule has 1 saturated carbocycles. The first-order valence-corrected chi connectivity index (χ1v) is 5.42. The van der Waals surface area contributed by atoms with E-state index in [0.717, 1.165) is 6.07 Å². The number of nitrogens with zero attached hydrogens (tertiary/aromatic N) is 1. The van der Waals surface area contributed by atoms with Crippen molar-refractivity contribution in [3.63, 3.8) is 0 Å². The van der Waals surface area contributed by atoms with Crippen LogP contribution in [0.15, 0.2) is 18.2 Å². The molecule has 8 heteroatoms. The standard InChI is InChI=1S/C10H8ClF3N2O2/c11-6-2-1-3-7(16(17)18)8(6)15-9(4-5-9)10(12,13)14/h1-3,15H,4-5H2. The van der Waals surface area contributed by atoms with Crippen LogP contribution >= 0.6 is 11.6 Å². The lowest BCUT2D eigenvalue weighted by atomic mass is 10.2. The summed E-state index contributed by atoms with van der Waals surface area (Å²) in [6.45, 7) is 0. The lowest BCUT2D eigenvalue weighted by molar-refractivity contribution is -0.384. The van der Waals surface area contributed by atoms with Crippen molar-refractivity contribution in [2.45, 2.75) is 24.6 Å². The fraction of sp³-hybridized carbons (Fsp3) is 0.400. The predicted octanol–water partition coefficient (Wildman–Crippen LogP) is 3.76. The molecule has 0 amide bonds. The minimum atomic E-state index is -4.46. The number of para-hydroxylation sites is 1. The minimum Gasteiger partial charge on any atom is -0.365 e. The van der Waals surface area contributed by atoms with Gasteiger partial charge in [-0.3, -0.25) is 10.1 Å². The van der Waals surface area contributed by atoms with E-state index in [1.807, 2.05) is 0 Å². The fourth-order valence-electron chi connectivity index (χ4n) is 1.63. The van der Waals surface area contributed by atoms with Crippen molar-refractivity contribution in [1.82, 2.24) is 0 Å². The summed E-state index contributed by atoms with van der Waals surface area (Å²) < 4.78 is 38.3. The Morgan fingerprint density at radius 2 is 2.00 bits per heavy atom. The van der Waals surface area contributed by atoms with Crippen molar-refractivity contribution in [2.75, 3.05) is 5.32 Å². The first kappa shape index (κ1) is 12.9. The van der Waals surface area contributed by atoms with Crippen LogP contribution in [0.1, 0.15) is 12.8 Å². The molecule has 0 bridgehead atoms. The van der Waals surface area contributed by atoms with Crippen LogP contribution < -0.4 is 5.32 Å². The van der Waals surface area contributed by atoms with Crippen molar-refractivity contribution in [3.05, 3.63) is 33.3 Å². The summed E-state index contributed by atoms with van der Waals surface area (Å²) in [6, 6.07) is 3.74. The number of nitrogens with one attached hydrogen (secondary N) is 1. The second kappa shape index (κ2) is 4.01. The van der Waals surface area contributed by atoms with Gasteiger partial charge in [0.1, 0.15) is 11.2 Å². The highest BCUT2D eigenvalue weighted by molar-refractivity contribution is 6.33. The molecule has 1 N–H and O–H groups in total. The van der Waals surface area contributed by atoms with Crippen LogP contribution in [0, 0.1) is 10.1 Å². The Morgan fingerprint density at radius 3 is 2.44 bits per heavy atom.